The number of aliphatic carboxylic acids is 1. The molecular formula is C15H19FN2O3. The fraction of sp³-hybridized carbons (Fsp3) is 0.467. The number of carboxylic acid groups (broad SMARTS) is 1. The summed E-state index contributed by atoms with van der Waals surface area (Å²) in [7, 11) is 0. The van der Waals surface area contributed by atoms with Crippen LogP contribution in [0.25, 0.3) is 0 Å². The molecule has 1 aliphatic heterocycles. The Morgan fingerprint density at radius 1 is 1.43 bits per heavy atom. The lowest BCUT2D eigenvalue weighted by molar-refractivity contribution is -0.143. The quantitative estimate of drug-likeness (QED) is 0.932. The summed E-state index contributed by atoms with van der Waals surface area (Å²) in [6, 6.07) is 5.76. The lowest BCUT2D eigenvalue weighted by Gasteiger charge is -2.34. The maximum absolute atomic E-state index is 13.9. The molecule has 1 fully saturated rings. The van der Waals surface area contributed by atoms with Gasteiger partial charge in [-0.3, -0.25) is 9.69 Å². The first kappa shape index (κ1) is 15.3. The molecule has 2 amide bonds. The zero-order valence-corrected chi connectivity index (χ0v) is 12.0. The number of para-hydroxylation sites is 1. The molecular weight excluding hydrogens is 275 g/mol. The Labute approximate surface area is 123 Å². The molecule has 0 saturated carbocycles. The van der Waals surface area contributed by atoms with Crippen molar-refractivity contribution in [2.24, 2.45) is 5.92 Å². The van der Waals surface area contributed by atoms with Crippen LogP contribution in [0, 0.1) is 11.7 Å². The van der Waals surface area contributed by atoms with Crippen LogP contribution in [0.1, 0.15) is 19.8 Å². The molecule has 0 bridgehead atoms. The molecule has 0 radical (unpaired) electrons. The molecule has 0 spiro atoms. The summed E-state index contributed by atoms with van der Waals surface area (Å²) in [6.45, 7) is 2.78. The molecule has 0 aromatic heterocycles. The Kier molecular flexibility index (Phi) is 4.77. The average molecular weight is 294 g/mol. The van der Waals surface area contributed by atoms with Gasteiger partial charge in [0.25, 0.3) is 0 Å². The van der Waals surface area contributed by atoms with E-state index in [2.05, 4.69) is 0 Å². The van der Waals surface area contributed by atoms with Gasteiger partial charge in [-0.1, -0.05) is 12.1 Å². The van der Waals surface area contributed by atoms with Crippen LogP contribution in [0.4, 0.5) is 14.9 Å². The minimum Gasteiger partial charge on any atom is -0.481 e. The number of carbonyl (C=O) groups excluding carboxylic acids is 1. The van der Waals surface area contributed by atoms with Gasteiger partial charge < -0.3 is 10.0 Å². The van der Waals surface area contributed by atoms with Gasteiger partial charge in [0.2, 0.25) is 0 Å². The van der Waals surface area contributed by atoms with E-state index in [9.17, 15) is 14.0 Å². The molecule has 6 heteroatoms. The molecule has 1 saturated heterocycles. The van der Waals surface area contributed by atoms with Gasteiger partial charge in [0, 0.05) is 19.6 Å². The van der Waals surface area contributed by atoms with E-state index in [1.807, 2.05) is 0 Å². The Bertz CT molecular complexity index is 535. The van der Waals surface area contributed by atoms with Crippen molar-refractivity contribution in [3.63, 3.8) is 0 Å². The lowest BCUT2D eigenvalue weighted by atomic mass is 9.98. The first-order valence-corrected chi connectivity index (χ1v) is 7.08. The standard InChI is InChI=1S/C15H19FN2O3/c1-2-18(13-8-4-3-7-12(13)16)15(21)17-9-5-6-11(10-17)14(19)20/h3-4,7-8,11H,2,5-6,9-10H2,1H3,(H,19,20)/t11-/m1/s1. The second-order valence-corrected chi connectivity index (χ2v) is 5.10. The van der Waals surface area contributed by atoms with E-state index in [4.69, 9.17) is 5.11 Å². The number of likely N-dealkylation sites (tertiary alicyclic amines) is 1. The summed E-state index contributed by atoms with van der Waals surface area (Å²) in [4.78, 5) is 26.5. The third-order valence-electron chi connectivity index (χ3n) is 3.73. The van der Waals surface area contributed by atoms with Crippen LogP contribution >= 0.6 is 0 Å². The minimum atomic E-state index is -0.888. The predicted molar refractivity (Wildman–Crippen MR) is 76.7 cm³/mol. The molecule has 0 unspecified atom stereocenters. The maximum atomic E-state index is 13.9. The number of carboxylic acids is 1. The number of halogens is 1. The summed E-state index contributed by atoms with van der Waals surface area (Å²) >= 11 is 0. The molecule has 1 aromatic carbocycles. The van der Waals surface area contributed by atoms with E-state index in [1.165, 1.54) is 15.9 Å². The lowest BCUT2D eigenvalue weighted by Crippen LogP contribution is -2.49. The SMILES string of the molecule is CCN(C(=O)N1CCC[C@@H](C(=O)O)C1)c1ccccc1F. The first-order valence-electron chi connectivity index (χ1n) is 7.08. The zero-order chi connectivity index (χ0) is 15.4. The van der Waals surface area contributed by atoms with Gasteiger partial charge in [0.1, 0.15) is 5.82 Å². The fourth-order valence-electron chi connectivity index (χ4n) is 2.60. The summed E-state index contributed by atoms with van der Waals surface area (Å²) in [6.07, 6.45) is 1.22. The van der Waals surface area contributed by atoms with E-state index < -0.39 is 17.7 Å². The number of amides is 2. The van der Waals surface area contributed by atoms with Crippen molar-refractivity contribution in [2.45, 2.75) is 19.8 Å². The number of piperidine rings is 1. The largest absolute Gasteiger partial charge is 0.481 e. The summed E-state index contributed by atoms with van der Waals surface area (Å²) in [5.74, 6) is -1.89. The highest BCUT2D eigenvalue weighted by Gasteiger charge is 2.31. The normalized spacial score (nSPS) is 18.4. The Hall–Kier alpha value is -2.11. The van der Waals surface area contributed by atoms with Gasteiger partial charge in [-0.05, 0) is 31.9 Å². The van der Waals surface area contributed by atoms with Crippen LogP contribution in [0.5, 0.6) is 0 Å². The molecule has 1 atom stereocenters. The van der Waals surface area contributed by atoms with E-state index >= 15 is 0 Å². The average Bonchev–Trinajstić information content (AvgIpc) is 2.50. The monoisotopic (exact) mass is 294 g/mol. The number of carbonyl (C=O) groups is 2. The van der Waals surface area contributed by atoms with E-state index in [1.54, 1.807) is 25.1 Å². The molecule has 2 rings (SSSR count). The Morgan fingerprint density at radius 2 is 2.14 bits per heavy atom. The number of urea groups is 1. The second-order valence-electron chi connectivity index (χ2n) is 5.10. The molecule has 21 heavy (non-hydrogen) atoms. The number of benzene rings is 1. The first-order chi connectivity index (χ1) is 10.0. The van der Waals surface area contributed by atoms with Crippen molar-refractivity contribution in [2.75, 3.05) is 24.5 Å². The van der Waals surface area contributed by atoms with Crippen molar-refractivity contribution in [3.05, 3.63) is 30.1 Å². The van der Waals surface area contributed by atoms with Crippen LogP contribution in [-0.4, -0.2) is 41.6 Å². The topological polar surface area (TPSA) is 60.9 Å². The van der Waals surface area contributed by atoms with Gasteiger partial charge in [-0.15, -0.1) is 0 Å². The van der Waals surface area contributed by atoms with Crippen LogP contribution in [-0.2, 0) is 4.79 Å². The fourth-order valence-corrected chi connectivity index (χ4v) is 2.60. The smallest absolute Gasteiger partial charge is 0.324 e. The molecule has 114 valence electrons. The van der Waals surface area contributed by atoms with Crippen molar-refractivity contribution in [3.8, 4) is 0 Å². The van der Waals surface area contributed by atoms with E-state index in [0.717, 1.165) is 0 Å². The van der Waals surface area contributed by atoms with Gasteiger partial charge in [-0.2, -0.15) is 0 Å². The zero-order valence-electron chi connectivity index (χ0n) is 12.0. The van der Waals surface area contributed by atoms with Gasteiger partial charge in [0.15, 0.2) is 0 Å². The number of rotatable bonds is 3. The highest BCUT2D eigenvalue weighted by atomic mass is 19.1. The predicted octanol–water partition coefficient (Wildman–Crippen LogP) is 2.57. The third kappa shape index (κ3) is 3.32. The van der Waals surface area contributed by atoms with Crippen molar-refractivity contribution < 1.29 is 19.1 Å². The Morgan fingerprint density at radius 3 is 2.76 bits per heavy atom. The van der Waals surface area contributed by atoms with Gasteiger partial charge >= 0.3 is 12.0 Å². The molecule has 1 heterocycles. The number of anilines is 1. The van der Waals surface area contributed by atoms with Crippen LogP contribution in [0.3, 0.4) is 0 Å². The van der Waals surface area contributed by atoms with Crippen molar-refractivity contribution >= 4 is 17.7 Å². The number of hydrogen-bond donors (Lipinski definition) is 1. The molecule has 1 aliphatic rings. The van der Waals surface area contributed by atoms with Crippen molar-refractivity contribution in [1.29, 1.82) is 0 Å². The summed E-state index contributed by atoms with van der Waals surface area (Å²) in [5.41, 5.74) is 0.224. The van der Waals surface area contributed by atoms with Crippen LogP contribution in [0.2, 0.25) is 0 Å². The molecule has 0 aliphatic carbocycles. The van der Waals surface area contributed by atoms with Crippen LogP contribution in [0.15, 0.2) is 24.3 Å². The molecule has 1 N–H and O–H groups in total. The Balaban J connectivity index is 2.17. The van der Waals surface area contributed by atoms with Crippen molar-refractivity contribution in [1.82, 2.24) is 4.90 Å². The van der Waals surface area contributed by atoms with Crippen LogP contribution < -0.4 is 4.90 Å². The highest BCUT2D eigenvalue weighted by molar-refractivity contribution is 5.92. The third-order valence-corrected chi connectivity index (χ3v) is 3.73. The summed E-state index contributed by atoms with van der Waals surface area (Å²) in [5, 5.41) is 9.08. The highest BCUT2D eigenvalue weighted by Crippen LogP contribution is 2.23. The summed E-state index contributed by atoms with van der Waals surface area (Å²) < 4.78 is 13.9. The molecule has 5 nitrogen and oxygen atoms in total. The van der Waals surface area contributed by atoms with Gasteiger partial charge in [0.05, 0.1) is 11.6 Å². The number of hydrogen-bond acceptors (Lipinski definition) is 2. The van der Waals surface area contributed by atoms with E-state index in [0.29, 0.717) is 25.9 Å². The molecule has 1 aromatic rings. The maximum Gasteiger partial charge on any atom is 0.324 e. The van der Waals surface area contributed by atoms with E-state index in [-0.39, 0.29) is 18.3 Å². The van der Waals surface area contributed by atoms with Gasteiger partial charge in [-0.25, -0.2) is 9.18 Å². The second kappa shape index (κ2) is 6.56. The number of nitrogens with zero attached hydrogens (tertiary/aromatic N) is 2. The minimum absolute atomic E-state index is 0.180.